The number of hydrogen-bond donors (Lipinski definition) is 0. The second-order valence-electron chi connectivity index (χ2n) is 20.8. The fourth-order valence-electron chi connectivity index (χ4n) is 10.1. The minimum Gasteiger partial charge on any atom is -0.292 e. The van der Waals surface area contributed by atoms with Gasteiger partial charge in [-0.3, -0.25) is 9.13 Å². The molecule has 9 aromatic carbocycles. The normalized spacial score (nSPS) is 12.0. The molecule has 3 aromatic heterocycles. The Kier molecular flexibility index (Phi) is 10.9. The molecule has 0 saturated heterocycles. The molecule has 0 N–H and O–H groups in total. The number of para-hydroxylation sites is 6. The highest BCUT2D eigenvalue weighted by Gasteiger charge is 2.27. The summed E-state index contributed by atoms with van der Waals surface area (Å²) >= 11 is 0. The Morgan fingerprint density at radius 3 is 0.903 bits per heavy atom. The molecule has 0 saturated carbocycles. The van der Waals surface area contributed by atoms with Crippen molar-refractivity contribution in [3.63, 3.8) is 0 Å². The van der Waals surface area contributed by atoms with Gasteiger partial charge in [-0.25, -0.2) is 19.9 Å². The molecule has 3 heterocycles. The lowest BCUT2D eigenvalue weighted by Crippen LogP contribution is -2.17. The van der Waals surface area contributed by atoms with E-state index in [4.69, 9.17) is 19.9 Å². The van der Waals surface area contributed by atoms with Crippen molar-refractivity contribution in [2.75, 3.05) is 0 Å². The van der Waals surface area contributed by atoms with Gasteiger partial charge in [0.05, 0.1) is 44.5 Å². The molecular formula is C66H54N6. The summed E-state index contributed by atoms with van der Waals surface area (Å²) in [6.07, 6.45) is 0. The molecule has 0 aliphatic carbocycles. The minimum absolute atomic E-state index is 0.144. The van der Waals surface area contributed by atoms with Gasteiger partial charge in [-0.1, -0.05) is 211 Å². The SMILES string of the molecule is CC(C)(C)c1ccc(C(C)(C)C)c2nc(-c3ccc(-c4ccc(-c5nc6ccccc6n5-c5ccccc5)cc4)cc3)c(-c3ccc(-c4ccc(-c5nc6ccccc6n5-c5ccccc5)cc4)cc3)nc12. The summed E-state index contributed by atoms with van der Waals surface area (Å²) in [5.74, 6) is 1.83. The fourth-order valence-corrected chi connectivity index (χ4v) is 10.1. The van der Waals surface area contributed by atoms with Gasteiger partial charge < -0.3 is 0 Å². The summed E-state index contributed by atoms with van der Waals surface area (Å²) in [5.41, 5.74) is 20.6. The van der Waals surface area contributed by atoms with Gasteiger partial charge >= 0.3 is 0 Å². The summed E-state index contributed by atoms with van der Waals surface area (Å²) < 4.78 is 4.49. The lowest BCUT2D eigenvalue weighted by Gasteiger charge is -2.26. The van der Waals surface area contributed by atoms with Crippen LogP contribution in [0.3, 0.4) is 0 Å². The van der Waals surface area contributed by atoms with E-state index in [-0.39, 0.29) is 10.8 Å². The maximum atomic E-state index is 5.65. The number of nitrogens with zero attached hydrogens (tertiary/aromatic N) is 6. The summed E-state index contributed by atoms with van der Waals surface area (Å²) in [5, 5.41) is 0. The first-order valence-electron chi connectivity index (χ1n) is 24.8. The van der Waals surface area contributed by atoms with Crippen molar-refractivity contribution < 1.29 is 0 Å². The predicted octanol–water partition coefficient (Wildman–Crippen LogP) is 16.9. The van der Waals surface area contributed by atoms with E-state index >= 15 is 0 Å². The topological polar surface area (TPSA) is 61.4 Å². The van der Waals surface area contributed by atoms with Crippen LogP contribution in [0.5, 0.6) is 0 Å². The number of hydrogen-bond acceptors (Lipinski definition) is 4. The molecule has 348 valence electrons. The Labute approximate surface area is 421 Å². The average molecular weight is 931 g/mol. The molecule has 0 unspecified atom stereocenters. The molecule has 12 aromatic rings. The Balaban J connectivity index is 0.909. The average Bonchev–Trinajstić information content (AvgIpc) is 4.00. The van der Waals surface area contributed by atoms with Crippen molar-refractivity contribution in [3.8, 4) is 78.9 Å². The molecular weight excluding hydrogens is 877 g/mol. The highest BCUT2D eigenvalue weighted by Crippen LogP contribution is 2.41. The molecule has 0 fully saturated rings. The van der Waals surface area contributed by atoms with Gasteiger partial charge in [-0.15, -0.1) is 0 Å². The third kappa shape index (κ3) is 8.05. The zero-order chi connectivity index (χ0) is 49.1. The van der Waals surface area contributed by atoms with Gasteiger partial charge in [-0.05, 0) is 92.7 Å². The van der Waals surface area contributed by atoms with Crippen LogP contribution in [0.25, 0.3) is 112 Å². The smallest absolute Gasteiger partial charge is 0.145 e. The second-order valence-corrected chi connectivity index (χ2v) is 20.8. The highest BCUT2D eigenvalue weighted by atomic mass is 15.1. The standard InChI is InChI=1S/C66H54N6/c1-65(2,3)53-41-42-54(66(4,5)6)62-61(53)69-59(47-33-25-43(26-34-47)45-29-37-49(38-30-45)63-67-55-21-13-15-23-57(55)71(63)51-17-9-7-10-18-51)60(70-62)48-35-27-44(28-36-48)46-31-39-50(40-32-46)64-68-56-22-14-16-24-58(56)72(64)52-19-11-8-12-20-52/h7-42H,1-6H3. The number of fused-ring (bicyclic) bond motifs is 3. The van der Waals surface area contributed by atoms with E-state index in [0.29, 0.717) is 0 Å². The Hall–Kier alpha value is -8.74. The van der Waals surface area contributed by atoms with Gasteiger partial charge in [0, 0.05) is 33.6 Å². The molecule has 0 amide bonds. The molecule has 0 bridgehead atoms. The maximum absolute atomic E-state index is 5.65. The maximum Gasteiger partial charge on any atom is 0.145 e. The van der Waals surface area contributed by atoms with Crippen LogP contribution in [0.15, 0.2) is 218 Å². The Bertz CT molecular complexity index is 3670. The van der Waals surface area contributed by atoms with Crippen LogP contribution in [-0.2, 0) is 10.8 Å². The summed E-state index contributed by atoms with van der Waals surface area (Å²) in [7, 11) is 0. The van der Waals surface area contributed by atoms with Crippen molar-refractivity contribution in [1.82, 2.24) is 29.1 Å². The zero-order valence-corrected chi connectivity index (χ0v) is 41.5. The van der Waals surface area contributed by atoms with E-state index < -0.39 is 0 Å². The van der Waals surface area contributed by atoms with Crippen LogP contribution in [-0.4, -0.2) is 29.1 Å². The molecule has 0 radical (unpaired) electrons. The van der Waals surface area contributed by atoms with Crippen molar-refractivity contribution in [2.24, 2.45) is 0 Å². The number of rotatable bonds is 8. The third-order valence-corrected chi connectivity index (χ3v) is 13.9. The van der Waals surface area contributed by atoms with Crippen LogP contribution in [0, 0.1) is 0 Å². The summed E-state index contributed by atoms with van der Waals surface area (Å²) in [6, 6.07) is 77.2. The van der Waals surface area contributed by atoms with E-state index in [0.717, 1.165) is 112 Å². The molecule has 6 heteroatoms. The largest absolute Gasteiger partial charge is 0.292 e. The van der Waals surface area contributed by atoms with Crippen LogP contribution < -0.4 is 0 Å². The first-order chi connectivity index (χ1) is 35.0. The van der Waals surface area contributed by atoms with E-state index in [1.54, 1.807) is 0 Å². The third-order valence-electron chi connectivity index (χ3n) is 13.9. The van der Waals surface area contributed by atoms with E-state index in [1.807, 2.05) is 24.3 Å². The monoisotopic (exact) mass is 930 g/mol. The van der Waals surface area contributed by atoms with Gasteiger partial charge in [0.15, 0.2) is 0 Å². The lowest BCUT2D eigenvalue weighted by molar-refractivity contribution is 0.583. The van der Waals surface area contributed by atoms with Crippen molar-refractivity contribution in [2.45, 2.75) is 52.4 Å². The van der Waals surface area contributed by atoms with Crippen molar-refractivity contribution in [1.29, 1.82) is 0 Å². The molecule has 72 heavy (non-hydrogen) atoms. The molecule has 6 nitrogen and oxygen atoms in total. The van der Waals surface area contributed by atoms with Gasteiger partial charge in [0.25, 0.3) is 0 Å². The molecule has 0 atom stereocenters. The van der Waals surface area contributed by atoms with Crippen LogP contribution in [0.1, 0.15) is 52.7 Å². The lowest BCUT2D eigenvalue weighted by atomic mass is 9.80. The second kappa shape index (κ2) is 17.6. The Morgan fingerprint density at radius 2 is 0.569 bits per heavy atom. The first kappa shape index (κ1) is 44.5. The van der Waals surface area contributed by atoms with E-state index in [1.165, 1.54) is 11.1 Å². The highest BCUT2D eigenvalue weighted by molar-refractivity contribution is 5.92. The molecule has 0 spiro atoms. The van der Waals surface area contributed by atoms with Gasteiger partial charge in [0.2, 0.25) is 0 Å². The fraction of sp³-hybridized carbons (Fsp3) is 0.121. The number of benzene rings is 9. The molecule has 0 aliphatic heterocycles. The minimum atomic E-state index is -0.144. The van der Waals surface area contributed by atoms with Crippen molar-refractivity contribution >= 4 is 33.1 Å². The van der Waals surface area contributed by atoms with E-state index in [9.17, 15) is 0 Å². The van der Waals surface area contributed by atoms with Crippen LogP contribution in [0.2, 0.25) is 0 Å². The van der Waals surface area contributed by atoms with E-state index in [2.05, 4.69) is 245 Å². The summed E-state index contributed by atoms with van der Waals surface area (Å²) in [4.78, 5) is 21.5. The van der Waals surface area contributed by atoms with Crippen LogP contribution in [0.4, 0.5) is 0 Å². The summed E-state index contributed by atoms with van der Waals surface area (Å²) in [6.45, 7) is 13.6. The molecule has 12 rings (SSSR count). The predicted molar refractivity (Wildman–Crippen MR) is 299 cm³/mol. The molecule has 0 aliphatic rings. The van der Waals surface area contributed by atoms with Gasteiger partial charge in [-0.2, -0.15) is 0 Å². The number of aromatic nitrogens is 6. The number of imidazole rings is 2. The Morgan fingerprint density at radius 1 is 0.278 bits per heavy atom. The van der Waals surface area contributed by atoms with Gasteiger partial charge in [0.1, 0.15) is 11.6 Å². The zero-order valence-electron chi connectivity index (χ0n) is 41.5. The first-order valence-corrected chi connectivity index (χ1v) is 24.8. The quantitative estimate of drug-likeness (QED) is 0.152. The van der Waals surface area contributed by atoms with Crippen LogP contribution >= 0.6 is 0 Å². The van der Waals surface area contributed by atoms with Crippen molar-refractivity contribution in [3.05, 3.63) is 230 Å².